The number of aromatic hydroxyl groups is 1. The smallest absolute Gasteiger partial charge is 0.118 e. The van der Waals surface area contributed by atoms with Gasteiger partial charge in [-0.15, -0.1) is 11.3 Å². The van der Waals surface area contributed by atoms with Crippen molar-refractivity contribution in [1.82, 2.24) is 4.98 Å². The number of nitrogens with one attached hydrogen (secondary N) is 1. The van der Waals surface area contributed by atoms with E-state index in [-0.39, 0.29) is 5.75 Å². The third kappa shape index (κ3) is 2.56. The first kappa shape index (κ1) is 15.2. The molecule has 2 heterocycles. The monoisotopic (exact) mass is 357 g/mol. The molecule has 4 nitrogen and oxygen atoms in total. The molecule has 0 unspecified atom stereocenters. The zero-order valence-electron chi connectivity index (χ0n) is 13.9. The van der Waals surface area contributed by atoms with Crippen LogP contribution in [-0.4, -0.2) is 10.1 Å². The van der Waals surface area contributed by atoms with E-state index in [1.165, 1.54) is 34.6 Å². The van der Waals surface area contributed by atoms with E-state index < -0.39 is 0 Å². The van der Waals surface area contributed by atoms with Crippen molar-refractivity contribution in [3.05, 3.63) is 59.1 Å². The minimum Gasteiger partial charge on any atom is -0.508 e. The van der Waals surface area contributed by atoms with Crippen LogP contribution in [0.3, 0.4) is 0 Å². The van der Waals surface area contributed by atoms with E-state index in [1.807, 2.05) is 6.07 Å². The molecule has 1 fully saturated rings. The lowest BCUT2D eigenvalue weighted by Crippen LogP contribution is -1.93. The summed E-state index contributed by atoms with van der Waals surface area (Å²) in [7, 11) is 0. The van der Waals surface area contributed by atoms with E-state index in [9.17, 15) is 5.11 Å². The Hall–Kier alpha value is -3.10. The molecule has 1 aliphatic rings. The van der Waals surface area contributed by atoms with Crippen molar-refractivity contribution in [3.8, 4) is 11.8 Å². The maximum absolute atomic E-state index is 9.82. The Balaban J connectivity index is 1.63. The van der Waals surface area contributed by atoms with E-state index in [0.717, 1.165) is 22.5 Å². The summed E-state index contributed by atoms with van der Waals surface area (Å²) in [4.78, 5) is 4.55. The number of benzene rings is 2. The molecule has 0 radical (unpaired) electrons. The zero-order valence-corrected chi connectivity index (χ0v) is 14.7. The molecule has 1 aliphatic carbocycles. The van der Waals surface area contributed by atoms with E-state index in [0.29, 0.717) is 11.3 Å². The Labute approximate surface area is 154 Å². The van der Waals surface area contributed by atoms with Gasteiger partial charge in [-0.25, -0.2) is 0 Å². The number of phenolic OH excluding ortho intramolecular Hbond substituents is 1. The number of phenols is 1. The number of nitrogens with zero attached hydrogens (tertiary/aromatic N) is 2. The topological polar surface area (TPSA) is 68.9 Å². The van der Waals surface area contributed by atoms with Crippen LogP contribution in [0.2, 0.25) is 0 Å². The van der Waals surface area contributed by atoms with Gasteiger partial charge in [0.2, 0.25) is 0 Å². The van der Waals surface area contributed by atoms with Gasteiger partial charge in [-0.1, -0.05) is 0 Å². The predicted octanol–water partition coefficient (Wildman–Crippen LogP) is 5.65. The van der Waals surface area contributed by atoms with Crippen LogP contribution >= 0.6 is 11.3 Å². The van der Waals surface area contributed by atoms with Crippen molar-refractivity contribution >= 4 is 43.7 Å². The highest BCUT2D eigenvalue weighted by Crippen LogP contribution is 2.46. The Kier molecular flexibility index (Phi) is 3.34. The highest BCUT2D eigenvalue weighted by molar-refractivity contribution is 7.17. The fourth-order valence-corrected chi connectivity index (χ4v) is 4.47. The van der Waals surface area contributed by atoms with Crippen LogP contribution in [0.15, 0.2) is 48.0 Å². The van der Waals surface area contributed by atoms with Crippen molar-refractivity contribution in [2.75, 3.05) is 5.32 Å². The molecule has 0 bridgehead atoms. The first-order valence-corrected chi connectivity index (χ1v) is 9.40. The van der Waals surface area contributed by atoms with Crippen LogP contribution in [-0.2, 0) is 0 Å². The molecule has 2 N–H and O–H groups in total. The first-order chi connectivity index (χ1) is 12.7. The van der Waals surface area contributed by atoms with Crippen molar-refractivity contribution in [2.45, 2.75) is 18.8 Å². The molecular formula is C21H15N3OS. The van der Waals surface area contributed by atoms with Crippen LogP contribution in [0, 0.1) is 11.3 Å². The molecule has 0 amide bonds. The number of hydrogen-bond acceptors (Lipinski definition) is 5. The average Bonchev–Trinajstić information content (AvgIpc) is 3.40. The second kappa shape index (κ2) is 5.72. The number of pyridine rings is 1. The van der Waals surface area contributed by atoms with Gasteiger partial charge in [0.1, 0.15) is 5.75 Å². The van der Waals surface area contributed by atoms with Crippen molar-refractivity contribution in [3.63, 3.8) is 0 Å². The quantitative estimate of drug-likeness (QED) is 0.497. The molecule has 2 aromatic heterocycles. The minimum absolute atomic E-state index is 0.0691. The number of hydrogen-bond donors (Lipinski definition) is 2. The van der Waals surface area contributed by atoms with Gasteiger partial charge in [0, 0.05) is 33.7 Å². The molecular weight excluding hydrogens is 342 g/mol. The Morgan fingerprint density at radius 2 is 2.04 bits per heavy atom. The van der Waals surface area contributed by atoms with E-state index >= 15 is 0 Å². The summed E-state index contributed by atoms with van der Waals surface area (Å²) in [6.45, 7) is 0. The lowest BCUT2D eigenvalue weighted by molar-refractivity contribution is 0.475. The molecule has 5 heteroatoms. The standard InChI is InChI=1S/C21H15N3OS/c22-10-12-5-14(7-15(25)6-12)24-19-3-4-23-20-8-16-18(13-1-2-13)11-26-21(16)9-17(19)20/h3-9,11,13,25H,1-2H2,(H,23,24). The summed E-state index contributed by atoms with van der Waals surface area (Å²) in [5, 5.41) is 26.9. The van der Waals surface area contributed by atoms with E-state index in [4.69, 9.17) is 5.26 Å². The largest absolute Gasteiger partial charge is 0.508 e. The molecule has 26 heavy (non-hydrogen) atoms. The highest BCUT2D eigenvalue weighted by atomic mass is 32.1. The molecule has 126 valence electrons. The summed E-state index contributed by atoms with van der Waals surface area (Å²) in [5.74, 6) is 0.791. The van der Waals surface area contributed by atoms with Crippen LogP contribution in [0.4, 0.5) is 11.4 Å². The van der Waals surface area contributed by atoms with Crippen LogP contribution in [0.5, 0.6) is 5.75 Å². The van der Waals surface area contributed by atoms with Gasteiger partial charge in [-0.3, -0.25) is 4.98 Å². The minimum atomic E-state index is 0.0691. The lowest BCUT2D eigenvalue weighted by Gasteiger charge is -2.11. The Morgan fingerprint density at radius 3 is 2.85 bits per heavy atom. The number of anilines is 2. The number of rotatable bonds is 3. The number of aromatic nitrogens is 1. The number of thiophene rings is 1. The van der Waals surface area contributed by atoms with Gasteiger partial charge in [-0.05, 0) is 65.4 Å². The number of fused-ring (bicyclic) bond motifs is 2. The van der Waals surface area contributed by atoms with Crippen LogP contribution < -0.4 is 5.32 Å². The normalized spacial score (nSPS) is 13.8. The second-order valence-electron chi connectivity index (χ2n) is 6.69. The van der Waals surface area contributed by atoms with Crippen LogP contribution in [0.1, 0.15) is 29.9 Å². The van der Waals surface area contributed by atoms with Gasteiger partial charge in [0.15, 0.2) is 0 Å². The fraction of sp³-hybridized carbons (Fsp3) is 0.143. The molecule has 0 saturated heterocycles. The summed E-state index contributed by atoms with van der Waals surface area (Å²) >= 11 is 1.78. The summed E-state index contributed by atoms with van der Waals surface area (Å²) < 4.78 is 1.27. The van der Waals surface area contributed by atoms with E-state index in [2.05, 4.69) is 33.9 Å². The lowest BCUT2D eigenvalue weighted by atomic mass is 10.1. The molecule has 0 aliphatic heterocycles. The van der Waals surface area contributed by atoms with Gasteiger partial charge >= 0.3 is 0 Å². The molecule has 0 atom stereocenters. The van der Waals surface area contributed by atoms with Gasteiger partial charge < -0.3 is 10.4 Å². The Morgan fingerprint density at radius 1 is 1.15 bits per heavy atom. The SMILES string of the molecule is N#Cc1cc(O)cc(Nc2ccnc3cc4c(C5CC5)csc4cc23)c1. The summed E-state index contributed by atoms with van der Waals surface area (Å²) in [5.41, 5.74) is 4.41. The van der Waals surface area contributed by atoms with Crippen molar-refractivity contribution in [2.24, 2.45) is 0 Å². The van der Waals surface area contributed by atoms with E-state index in [1.54, 1.807) is 29.7 Å². The molecule has 4 aromatic rings. The molecule has 5 rings (SSSR count). The fourth-order valence-electron chi connectivity index (χ4n) is 3.41. The maximum Gasteiger partial charge on any atom is 0.118 e. The third-order valence-electron chi connectivity index (χ3n) is 4.81. The zero-order chi connectivity index (χ0) is 17.7. The van der Waals surface area contributed by atoms with Crippen molar-refractivity contribution < 1.29 is 5.11 Å². The third-order valence-corrected chi connectivity index (χ3v) is 5.77. The number of nitriles is 1. The second-order valence-corrected chi connectivity index (χ2v) is 7.61. The van der Waals surface area contributed by atoms with Gasteiger partial charge in [0.05, 0.1) is 17.1 Å². The average molecular weight is 357 g/mol. The van der Waals surface area contributed by atoms with Gasteiger partial charge in [0.25, 0.3) is 0 Å². The van der Waals surface area contributed by atoms with Gasteiger partial charge in [-0.2, -0.15) is 5.26 Å². The molecule has 1 saturated carbocycles. The maximum atomic E-state index is 9.82. The molecule has 2 aromatic carbocycles. The summed E-state index contributed by atoms with van der Waals surface area (Å²) in [6.07, 6.45) is 4.36. The summed E-state index contributed by atoms with van der Waals surface area (Å²) in [6, 6.07) is 13.1. The molecule has 0 spiro atoms. The van der Waals surface area contributed by atoms with Crippen molar-refractivity contribution in [1.29, 1.82) is 5.26 Å². The first-order valence-electron chi connectivity index (χ1n) is 8.52. The highest BCUT2D eigenvalue weighted by Gasteiger charge is 2.26. The predicted molar refractivity (Wildman–Crippen MR) is 105 cm³/mol. The van der Waals surface area contributed by atoms with Crippen LogP contribution in [0.25, 0.3) is 21.0 Å². The Bertz CT molecular complexity index is 1200.